The number of aromatic nitrogens is 2. The largest absolute Gasteiger partial charge is 0.494 e. The second kappa shape index (κ2) is 8.93. The van der Waals surface area contributed by atoms with Crippen LogP contribution >= 0.6 is 11.3 Å². The summed E-state index contributed by atoms with van der Waals surface area (Å²) in [6, 6.07) is 14.8. The van der Waals surface area contributed by atoms with Crippen molar-refractivity contribution in [3.05, 3.63) is 65.7 Å². The molecule has 2 heterocycles. The lowest BCUT2D eigenvalue weighted by Gasteiger charge is -2.15. The van der Waals surface area contributed by atoms with E-state index in [0.29, 0.717) is 22.7 Å². The Morgan fingerprint density at radius 3 is 2.46 bits per heavy atom. The molecule has 0 aliphatic carbocycles. The number of methoxy groups -OCH3 is 2. The minimum atomic E-state index is -3.92. The molecule has 0 aliphatic rings. The van der Waals surface area contributed by atoms with Gasteiger partial charge in [-0.3, -0.25) is 9.71 Å². The van der Waals surface area contributed by atoms with Crippen molar-refractivity contribution in [3.63, 3.8) is 0 Å². The Morgan fingerprint density at radius 1 is 1.06 bits per heavy atom. The number of aliphatic imine (C=N–C) groups is 1. The van der Waals surface area contributed by atoms with Crippen molar-refractivity contribution in [2.45, 2.75) is 4.90 Å². The lowest BCUT2D eigenvalue weighted by Crippen LogP contribution is -2.14. The molecule has 5 aromatic rings. The number of hydrogen-bond acceptors (Lipinski definition) is 8. The number of H-pyrrole nitrogens is 1. The number of benzene rings is 3. The van der Waals surface area contributed by atoms with Crippen LogP contribution in [0.25, 0.3) is 21.1 Å². The number of thiazole rings is 1. The van der Waals surface area contributed by atoms with Crippen LogP contribution in [0.4, 0.5) is 11.4 Å². The smallest absolute Gasteiger partial charge is 0.262 e. The van der Waals surface area contributed by atoms with E-state index < -0.39 is 10.0 Å². The number of aromatic hydroxyl groups is 1. The summed E-state index contributed by atoms with van der Waals surface area (Å²) < 4.78 is 40.0. The van der Waals surface area contributed by atoms with Gasteiger partial charge in [0.2, 0.25) is 0 Å². The number of nitrogens with zero attached hydrogens (tertiary/aromatic N) is 2. The minimum absolute atomic E-state index is 0.00111. The molecule has 0 fully saturated rings. The fraction of sp³-hybridized carbons (Fsp3) is 0.0833. The molecule has 0 atom stereocenters. The van der Waals surface area contributed by atoms with Gasteiger partial charge in [0.05, 0.1) is 51.6 Å². The number of anilines is 1. The molecule has 0 aliphatic heterocycles. The molecule has 9 nitrogen and oxygen atoms in total. The Kier molecular flexibility index (Phi) is 5.79. The van der Waals surface area contributed by atoms with Crippen LogP contribution in [0.1, 0.15) is 5.56 Å². The number of sulfonamides is 1. The van der Waals surface area contributed by atoms with E-state index in [0.717, 1.165) is 21.1 Å². The number of nitrogens with one attached hydrogen (secondary N) is 2. The second-order valence-corrected chi connectivity index (χ2v) is 10.0. The molecule has 0 saturated carbocycles. The fourth-order valence-electron chi connectivity index (χ4n) is 3.73. The zero-order valence-corrected chi connectivity index (χ0v) is 20.3. The molecule has 0 spiro atoms. The Morgan fingerprint density at radius 2 is 1.77 bits per heavy atom. The highest BCUT2D eigenvalue weighted by Crippen LogP contribution is 2.36. The van der Waals surface area contributed by atoms with Crippen molar-refractivity contribution in [2.75, 3.05) is 18.9 Å². The lowest BCUT2D eigenvalue weighted by atomic mass is 10.1. The maximum atomic E-state index is 13.0. The number of hydrogen-bond donors (Lipinski definition) is 3. The van der Waals surface area contributed by atoms with E-state index in [4.69, 9.17) is 9.47 Å². The van der Waals surface area contributed by atoms with E-state index in [1.807, 2.05) is 12.1 Å². The molecular weight excluding hydrogens is 488 g/mol. The number of ether oxygens (including phenoxy) is 2. The van der Waals surface area contributed by atoms with Crippen LogP contribution in [-0.2, 0) is 10.0 Å². The molecule has 0 amide bonds. The summed E-state index contributed by atoms with van der Waals surface area (Å²) in [6.45, 7) is 0. The summed E-state index contributed by atoms with van der Waals surface area (Å²) in [5, 5.41) is 11.2. The second-order valence-electron chi connectivity index (χ2n) is 7.47. The van der Waals surface area contributed by atoms with Crippen LogP contribution < -0.4 is 14.2 Å². The van der Waals surface area contributed by atoms with Gasteiger partial charge in [-0.25, -0.2) is 13.4 Å². The molecule has 0 unspecified atom stereocenters. The first kappa shape index (κ1) is 22.7. The van der Waals surface area contributed by atoms with Gasteiger partial charge >= 0.3 is 0 Å². The molecule has 3 N–H and O–H groups in total. The van der Waals surface area contributed by atoms with Gasteiger partial charge in [-0.1, -0.05) is 6.07 Å². The zero-order valence-electron chi connectivity index (χ0n) is 18.6. The van der Waals surface area contributed by atoms with Crippen molar-refractivity contribution >= 4 is 60.1 Å². The normalized spacial score (nSPS) is 11.9. The van der Waals surface area contributed by atoms with Crippen molar-refractivity contribution in [3.8, 4) is 17.4 Å². The van der Waals surface area contributed by atoms with Gasteiger partial charge in [0.15, 0.2) is 5.88 Å². The first-order valence-corrected chi connectivity index (χ1v) is 12.7. The van der Waals surface area contributed by atoms with Gasteiger partial charge in [-0.15, -0.1) is 11.3 Å². The summed E-state index contributed by atoms with van der Waals surface area (Å²) in [6.07, 6.45) is 1.55. The van der Waals surface area contributed by atoms with Gasteiger partial charge in [-0.2, -0.15) is 0 Å². The van der Waals surface area contributed by atoms with Gasteiger partial charge in [-0.05, 0) is 48.5 Å². The third-order valence-corrected chi connectivity index (χ3v) is 7.66. The quantitative estimate of drug-likeness (QED) is 0.264. The van der Waals surface area contributed by atoms with Crippen LogP contribution in [0.3, 0.4) is 0 Å². The van der Waals surface area contributed by atoms with Gasteiger partial charge in [0.25, 0.3) is 10.0 Å². The van der Waals surface area contributed by atoms with Crippen molar-refractivity contribution in [1.82, 2.24) is 9.97 Å². The van der Waals surface area contributed by atoms with Crippen LogP contribution in [0.2, 0.25) is 0 Å². The summed E-state index contributed by atoms with van der Waals surface area (Å²) in [4.78, 5) is 11.8. The molecule has 5 rings (SSSR count). The van der Waals surface area contributed by atoms with Crippen molar-refractivity contribution in [1.29, 1.82) is 0 Å². The molecule has 0 bridgehead atoms. The SMILES string of the molecule is COc1cccc(OC)c1NS(=O)(=O)c1ccc(N=Cc2c(O)[nH]c3ccc4ncsc4c23)cc1. The monoisotopic (exact) mass is 508 g/mol. The molecule has 178 valence electrons. The number of aromatic amines is 1. The number of fused-ring (bicyclic) bond motifs is 3. The Balaban J connectivity index is 1.43. The van der Waals surface area contributed by atoms with Crippen molar-refractivity contribution < 1.29 is 23.0 Å². The third kappa shape index (κ3) is 4.15. The minimum Gasteiger partial charge on any atom is -0.494 e. The van der Waals surface area contributed by atoms with E-state index in [2.05, 4.69) is 19.7 Å². The van der Waals surface area contributed by atoms with Crippen LogP contribution in [0.5, 0.6) is 17.4 Å². The average molecular weight is 509 g/mol. The topological polar surface area (TPSA) is 126 Å². The first-order valence-electron chi connectivity index (χ1n) is 10.4. The summed E-state index contributed by atoms with van der Waals surface area (Å²) in [5.41, 5.74) is 4.64. The molecular formula is C24H20N4O5S2. The Bertz CT molecular complexity index is 1650. The maximum absolute atomic E-state index is 13.0. The average Bonchev–Trinajstić information content (AvgIpc) is 3.46. The van der Waals surface area contributed by atoms with Crippen LogP contribution in [0.15, 0.2) is 70.0 Å². The zero-order chi connectivity index (χ0) is 24.6. The standard InChI is InChI=1S/C24H20N4O5S2/c1-32-19-4-3-5-20(33-2)22(19)28-35(30,31)15-8-6-14(7-9-15)25-12-16-21-17(27-24(16)29)10-11-18-23(21)34-13-26-18/h3-13,27-29H,1-2H3. The summed E-state index contributed by atoms with van der Waals surface area (Å²) in [5.74, 6) is 0.671. The maximum Gasteiger partial charge on any atom is 0.262 e. The Hall–Kier alpha value is -4.09. The van der Waals surface area contributed by atoms with Gasteiger partial charge in [0, 0.05) is 11.6 Å². The number of rotatable bonds is 7. The molecule has 2 aromatic heterocycles. The highest BCUT2D eigenvalue weighted by atomic mass is 32.2. The highest BCUT2D eigenvalue weighted by Gasteiger charge is 2.20. The van der Waals surface area contributed by atoms with E-state index in [9.17, 15) is 13.5 Å². The van der Waals surface area contributed by atoms with Crippen LogP contribution in [-0.4, -0.2) is 43.9 Å². The fourth-order valence-corrected chi connectivity index (χ4v) is 5.67. The van der Waals surface area contributed by atoms with E-state index in [1.54, 1.807) is 42.1 Å². The summed E-state index contributed by atoms with van der Waals surface area (Å²) >= 11 is 1.48. The molecule has 35 heavy (non-hydrogen) atoms. The van der Waals surface area contributed by atoms with E-state index >= 15 is 0 Å². The molecule has 0 saturated heterocycles. The van der Waals surface area contributed by atoms with Crippen LogP contribution in [0, 0.1) is 0 Å². The molecule has 0 radical (unpaired) electrons. The predicted molar refractivity (Wildman–Crippen MR) is 137 cm³/mol. The lowest BCUT2D eigenvalue weighted by molar-refractivity contribution is 0.398. The number of para-hydroxylation sites is 1. The first-order chi connectivity index (χ1) is 16.9. The Labute approximate surface area is 204 Å². The van der Waals surface area contributed by atoms with Gasteiger partial charge in [0.1, 0.15) is 17.2 Å². The third-order valence-electron chi connectivity index (χ3n) is 5.43. The van der Waals surface area contributed by atoms with E-state index in [1.165, 1.54) is 37.7 Å². The molecule has 11 heteroatoms. The van der Waals surface area contributed by atoms with Gasteiger partial charge < -0.3 is 19.6 Å². The predicted octanol–water partition coefficient (Wildman–Crippen LogP) is 5.05. The van der Waals surface area contributed by atoms with E-state index in [-0.39, 0.29) is 16.5 Å². The molecule has 3 aromatic carbocycles. The highest BCUT2D eigenvalue weighted by molar-refractivity contribution is 7.92. The van der Waals surface area contributed by atoms with Crippen molar-refractivity contribution in [2.24, 2.45) is 4.99 Å². The summed E-state index contributed by atoms with van der Waals surface area (Å²) in [7, 11) is -1.02.